The summed E-state index contributed by atoms with van der Waals surface area (Å²) in [4.78, 5) is 7.03. The van der Waals surface area contributed by atoms with Gasteiger partial charge in [0.25, 0.3) is 0 Å². The zero-order valence-corrected chi connectivity index (χ0v) is 9.91. The van der Waals surface area contributed by atoms with Crippen LogP contribution in [0.3, 0.4) is 0 Å². The highest BCUT2D eigenvalue weighted by Crippen LogP contribution is 2.30. The van der Waals surface area contributed by atoms with Crippen molar-refractivity contribution in [1.29, 1.82) is 0 Å². The number of aliphatic hydroxyl groups is 1. The Morgan fingerprint density at radius 2 is 1.89 bits per heavy atom. The van der Waals surface area contributed by atoms with E-state index in [1.165, 1.54) is 6.07 Å². The fraction of sp³-hybridized carbons (Fsp3) is 0.333. The zero-order valence-electron chi connectivity index (χ0n) is 9.91. The molecule has 0 fully saturated rings. The Bertz CT molecular complexity index is 572. The van der Waals surface area contributed by atoms with Gasteiger partial charge in [-0.05, 0) is 18.6 Å². The third-order valence-corrected chi connectivity index (χ3v) is 2.48. The zero-order chi connectivity index (χ0) is 13.9. The van der Waals surface area contributed by atoms with E-state index < -0.39 is 12.0 Å². The second kappa shape index (κ2) is 5.40. The average Bonchev–Trinajstić information content (AvgIpc) is 2.37. The molecular formula is C12H12F3N3O. The summed E-state index contributed by atoms with van der Waals surface area (Å²) in [6, 6.07) is 6.48. The molecule has 2 rings (SSSR count). The van der Waals surface area contributed by atoms with E-state index in [-0.39, 0.29) is 17.9 Å². The van der Waals surface area contributed by atoms with Crippen LogP contribution in [-0.4, -0.2) is 28.2 Å². The molecule has 1 heterocycles. The molecule has 0 aliphatic heterocycles. The summed E-state index contributed by atoms with van der Waals surface area (Å²) in [6.45, 7) is 0.303. The molecule has 0 saturated carbocycles. The van der Waals surface area contributed by atoms with Crippen molar-refractivity contribution in [2.24, 2.45) is 0 Å². The van der Waals surface area contributed by atoms with Crippen molar-refractivity contribution in [2.45, 2.75) is 12.6 Å². The van der Waals surface area contributed by atoms with Crippen LogP contribution in [-0.2, 0) is 6.18 Å². The van der Waals surface area contributed by atoms with Crippen LogP contribution < -0.4 is 5.32 Å². The molecule has 4 nitrogen and oxygen atoms in total. The van der Waals surface area contributed by atoms with Crippen LogP contribution in [0.1, 0.15) is 12.2 Å². The van der Waals surface area contributed by atoms with Crippen molar-refractivity contribution in [2.75, 3.05) is 18.5 Å². The first-order chi connectivity index (χ1) is 9.02. The Morgan fingerprint density at radius 1 is 1.16 bits per heavy atom. The second-order valence-corrected chi connectivity index (χ2v) is 3.91. The topological polar surface area (TPSA) is 58.0 Å². The first-order valence-electron chi connectivity index (χ1n) is 5.71. The van der Waals surface area contributed by atoms with Gasteiger partial charge in [-0.3, -0.25) is 0 Å². The Labute approximate surface area is 107 Å². The molecule has 1 aromatic heterocycles. The smallest absolute Gasteiger partial charge is 0.396 e. The first-order valence-corrected chi connectivity index (χ1v) is 5.71. The number of anilines is 1. The lowest BCUT2D eigenvalue weighted by atomic mass is 10.2. The number of para-hydroxylation sites is 1. The van der Waals surface area contributed by atoms with Crippen LogP contribution in [0.2, 0.25) is 0 Å². The maximum Gasteiger partial charge on any atom is 0.451 e. The van der Waals surface area contributed by atoms with E-state index in [1.54, 1.807) is 18.2 Å². The van der Waals surface area contributed by atoms with Gasteiger partial charge in [-0.1, -0.05) is 12.1 Å². The monoisotopic (exact) mass is 271 g/mol. The molecule has 2 N–H and O–H groups in total. The molecule has 0 bridgehead atoms. The fourth-order valence-electron chi connectivity index (χ4n) is 1.62. The first kappa shape index (κ1) is 13.5. The van der Waals surface area contributed by atoms with Crippen LogP contribution in [0.25, 0.3) is 10.9 Å². The van der Waals surface area contributed by atoms with E-state index in [0.717, 1.165) is 0 Å². The van der Waals surface area contributed by atoms with Crippen LogP contribution in [0, 0.1) is 0 Å². The number of aromatic nitrogens is 2. The van der Waals surface area contributed by atoms with Crippen LogP contribution in [0.15, 0.2) is 24.3 Å². The minimum Gasteiger partial charge on any atom is -0.396 e. The molecule has 0 aliphatic carbocycles. The summed E-state index contributed by atoms with van der Waals surface area (Å²) < 4.78 is 38.1. The molecule has 1 aromatic carbocycles. The number of rotatable bonds is 4. The number of halogens is 3. The van der Waals surface area contributed by atoms with Crippen molar-refractivity contribution >= 4 is 16.7 Å². The predicted molar refractivity (Wildman–Crippen MR) is 64.7 cm³/mol. The maximum atomic E-state index is 12.7. The molecule has 7 heteroatoms. The molecule has 0 aliphatic rings. The van der Waals surface area contributed by atoms with Crippen molar-refractivity contribution in [3.8, 4) is 0 Å². The van der Waals surface area contributed by atoms with Gasteiger partial charge in [0.1, 0.15) is 5.82 Å². The quantitative estimate of drug-likeness (QED) is 0.839. The molecule has 0 saturated heterocycles. The van der Waals surface area contributed by atoms with Crippen molar-refractivity contribution in [1.82, 2.24) is 9.97 Å². The average molecular weight is 271 g/mol. The van der Waals surface area contributed by atoms with Gasteiger partial charge >= 0.3 is 6.18 Å². The second-order valence-electron chi connectivity index (χ2n) is 3.91. The summed E-state index contributed by atoms with van der Waals surface area (Å²) in [6.07, 6.45) is -4.16. The van der Waals surface area contributed by atoms with E-state index >= 15 is 0 Å². The highest BCUT2D eigenvalue weighted by Gasteiger charge is 2.35. The van der Waals surface area contributed by atoms with Crippen LogP contribution >= 0.6 is 0 Å². The Morgan fingerprint density at radius 3 is 2.58 bits per heavy atom. The van der Waals surface area contributed by atoms with Gasteiger partial charge in [0.2, 0.25) is 5.82 Å². The number of hydrogen-bond donors (Lipinski definition) is 2. The van der Waals surface area contributed by atoms with Gasteiger partial charge in [-0.15, -0.1) is 0 Å². The highest BCUT2D eigenvalue weighted by molar-refractivity contribution is 5.89. The molecule has 0 amide bonds. The van der Waals surface area contributed by atoms with Crippen LogP contribution in [0.5, 0.6) is 0 Å². The summed E-state index contributed by atoms with van der Waals surface area (Å²) in [5.74, 6) is -1.04. The molecule has 0 atom stereocenters. The van der Waals surface area contributed by atoms with E-state index in [0.29, 0.717) is 18.4 Å². The molecule has 2 aromatic rings. The number of aliphatic hydroxyl groups excluding tert-OH is 1. The normalized spacial score (nSPS) is 11.8. The highest BCUT2D eigenvalue weighted by atomic mass is 19.4. The van der Waals surface area contributed by atoms with Crippen molar-refractivity contribution < 1.29 is 18.3 Å². The van der Waals surface area contributed by atoms with Crippen molar-refractivity contribution in [3.63, 3.8) is 0 Å². The van der Waals surface area contributed by atoms with Gasteiger partial charge in [0, 0.05) is 18.5 Å². The Hall–Kier alpha value is -1.89. The Kier molecular flexibility index (Phi) is 3.84. The minimum absolute atomic E-state index is 0.0395. The standard InChI is InChI=1S/C12H12F3N3O/c13-12(14,15)11-17-9-5-2-1-4-8(9)10(18-11)16-6-3-7-19/h1-2,4-5,19H,3,6-7H2,(H,16,17,18). The van der Waals surface area contributed by atoms with E-state index in [1.807, 2.05) is 0 Å². The Balaban J connectivity index is 2.46. The lowest BCUT2D eigenvalue weighted by molar-refractivity contribution is -0.144. The number of nitrogens with one attached hydrogen (secondary N) is 1. The lowest BCUT2D eigenvalue weighted by Gasteiger charge is -2.11. The molecule has 102 valence electrons. The van der Waals surface area contributed by atoms with Gasteiger partial charge < -0.3 is 10.4 Å². The summed E-state index contributed by atoms with van der Waals surface area (Å²) in [5.41, 5.74) is 0.233. The molecular weight excluding hydrogens is 259 g/mol. The maximum absolute atomic E-state index is 12.7. The molecule has 0 unspecified atom stereocenters. The summed E-state index contributed by atoms with van der Waals surface area (Å²) in [7, 11) is 0. The number of benzene rings is 1. The number of nitrogens with zero attached hydrogens (tertiary/aromatic N) is 2. The van der Waals surface area contributed by atoms with Gasteiger partial charge in [0.05, 0.1) is 5.52 Å². The molecule has 19 heavy (non-hydrogen) atoms. The van der Waals surface area contributed by atoms with Crippen molar-refractivity contribution in [3.05, 3.63) is 30.1 Å². The third kappa shape index (κ3) is 3.11. The number of fused-ring (bicyclic) bond motifs is 1. The van der Waals surface area contributed by atoms with Gasteiger partial charge in [-0.2, -0.15) is 13.2 Å². The van der Waals surface area contributed by atoms with Gasteiger partial charge in [0.15, 0.2) is 0 Å². The predicted octanol–water partition coefficient (Wildman–Crippen LogP) is 2.44. The largest absolute Gasteiger partial charge is 0.451 e. The minimum atomic E-state index is -4.59. The summed E-state index contributed by atoms with van der Waals surface area (Å²) >= 11 is 0. The van der Waals surface area contributed by atoms with E-state index in [4.69, 9.17) is 5.11 Å². The lowest BCUT2D eigenvalue weighted by Crippen LogP contribution is -2.14. The fourth-order valence-corrected chi connectivity index (χ4v) is 1.62. The van der Waals surface area contributed by atoms with E-state index in [9.17, 15) is 13.2 Å². The molecule has 0 spiro atoms. The number of alkyl halides is 3. The number of hydrogen-bond acceptors (Lipinski definition) is 4. The molecule has 0 radical (unpaired) electrons. The van der Waals surface area contributed by atoms with Crippen LogP contribution in [0.4, 0.5) is 19.0 Å². The summed E-state index contributed by atoms with van der Waals surface area (Å²) in [5, 5.41) is 12.0. The van der Waals surface area contributed by atoms with Gasteiger partial charge in [-0.25, -0.2) is 9.97 Å². The van der Waals surface area contributed by atoms with E-state index in [2.05, 4.69) is 15.3 Å². The SMILES string of the molecule is OCCCNc1nc(C(F)(F)F)nc2ccccc12. The third-order valence-electron chi connectivity index (χ3n) is 2.48.